The van der Waals surface area contributed by atoms with Crippen LogP contribution in [-0.4, -0.2) is 16.7 Å². The van der Waals surface area contributed by atoms with E-state index in [1.165, 1.54) is 0 Å². The van der Waals surface area contributed by atoms with Gasteiger partial charge in [-0.15, -0.1) is 0 Å². The Labute approximate surface area is 126 Å². The van der Waals surface area contributed by atoms with Gasteiger partial charge in [0.2, 0.25) is 11.5 Å². The van der Waals surface area contributed by atoms with E-state index in [9.17, 15) is 9.59 Å². The molecule has 0 fully saturated rings. The lowest BCUT2D eigenvalue weighted by molar-refractivity contribution is 0.0955. The minimum Gasteiger partial charge on any atom is -0.351 e. The standard InChI is InChI=1S/C18H11NO3/c1-10-6-8-11(9-7-10)15-14-16(20)12-4-2-3-5-13(12)17(21)18(14)22-19-15/h2-9H,1H3. The van der Waals surface area contributed by atoms with Crippen molar-refractivity contribution in [2.24, 2.45) is 0 Å². The molecule has 0 amide bonds. The SMILES string of the molecule is Cc1ccc(-c2noc3c2C(=O)c2ccccc2C3=O)cc1. The zero-order valence-corrected chi connectivity index (χ0v) is 11.8. The maximum Gasteiger partial charge on any atom is 0.232 e. The van der Waals surface area contributed by atoms with Crippen LogP contribution in [0.3, 0.4) is 0 Å². The average Bonchev–Trinajstić information content (AvgIpc) is 2.99. The number of hydrogen-bond acceptors (Lipinski definition) is 4. The Hall–Kier alpha value is -3.01. The number of hydrogen-bond donors (Lipinski definition) is 0. The molecule has 1 heterocycles. The number of nitrogens with zero attached hydrogens (tertiary/aromatic N) is 1. The molecule has 106 valence electrons. The molecule has 3 aromatic rings. The van der Waals surface area contributed by atoms with Crippen LogP contribution in [0.4, 0.5) is 0 Å². The number of carbonyl (C=O) groups excluding carboxylic acids is 2. The first-order valence-electron chi connectivity index (χ1n) is 6.92. The van der Waals surface area contributed by atoms with Crippen molar-refractivity contribution in [3.8, 4) is 11.3 Å². The summed E-state index contributed by atoms with van der Waals surface area (Å²) in [6.45, 7) is 1.98. The van der Waals surface area contributed by atoms with Gasteiger partial charge in [0.1, 0.15) is 11.3 Å². The Morgan fingerprint density at radius 3 is 2.18 bits per heavy atom. The van der Waals surface area contributed by atoms with Gasteiger partial charge in [0.15, 0.2) is 5.78 Å². The normalized spacial score (nSPS) is 13.0. The second kappa shape index (κ2) is 4.49. The van der Waals surface area contributed by atoms with Crippen LogP contribution < -0.4 is 0 Å². The van der Waals surface area contributed by atoms with E-state index in [4.69, 9.17) is 4.52 Å². The molecule has 1 aromatic heterocycles. The molecule has 2 aromatic carbocycles. The predicted octanol–water partition coefficient (Wildman–Crippen LogP) is 3.43. The molecule has 0 unspecified atom stereocenters. The Morgan fingerprint density at radius 1 is 0.864 bits per heavy atom. The molecule has 0 aliphatic heterocycles. The lowest BCUT2D eigenvalue weighted by Gasteiger charge is -2.12. The van der Waals surface area contributed by atoms with E-state index in [0.29, 0.717) is 16.8 Å². The highest BCUT2D eigenvalue weighted by Gasteiger charge is 2.36. The first-order chi connectivity index (χ1) is 10.7. The molecule has 1 aliphatic rings. The van der Waals surface area contributed by atoms with Gasteiger partial charge in [-0.1, -0.05) is 59.3 Å². The Morgan fingerprint density at radius 2 is 1.50 bits per heavy atom. The van der Waals surface area contributed by atoms with Crippen LogP contribution in [0.15, 0.2) is 53.1 Å². The third-order valence-electron chi connectivity index (χ3n) is 3.87. The maximum absolute atomic E-state index is 12.7. The summed E-state index contributed by atoms with van der Waals surface area (Å²) in [7, 11) is 0. The van der Waals surface area contributed by atoms with E-state index in [2.05, 4.69) is 5.16 Å². The van der Waals surface area contributed by atoms with Crippen LogP contribution in [0, 0.1) is 6.92 Å². The van der Waals surface area contributed by atoms with Crippen molar-refractivity contribution in [2.75, 3.05) is 0 Å². The van der Waals surface area contributed by atoms with Crippen LogP contribution in [0.25, 0.3) is 11.3 Å². The highest BCUT2D eigenvalue weighted by atomic mass is 16.5. The van der Waals surface area contributed by atoms with Crippen molar-refractivity contribution >= 4 is 11.6 Å². The second-order valence-corrected chi connectivity index (χ2v) is 5.31. The lowest BCUT2D eigenvalue weighted by Crippen LogP contribution is -2.19. The van der Waals surface area contributed by atoms with E-state index in [0.717, 1.165) is 11.1 Å². The van der Waals surface area contributed by atoms with Crippen LogP contribution >= 0.6 is 0 Å². The zero-order chi connectivity index (χ0) is 15.3. The van der Waals surface area contributed by atoms with Crippen molar-refractivity contribution in [1.82, 2.24) is 5.16 Å². The van der Waals surface area contributed by atoms with Crippen molar-refractivity contribution in [1.29, 1.82) is 0 Å². The third-order valence-corrected chi connectivity index (χ3v) is 3.87. The largest absolute Gasteiger partial charge is 0.351 e. The second-order valence-electron chi connectivity index (χ2n) is 5.31. The van der Waals surface area contributed by atoms with Gasteiger partial charge in [0.05, 0.1) is 0 Å². The molecule has 0 N–H and O–H groups in total. The number of carbonyl (C=O) groups is 2. The number of fused-ring (bicyclic) bond motifs is 2. The summed E-state index contributed by atoms with van der Waals surface area (Å²) in [6, 6.07) is 14.4. The van der Waals surface area contributed by atoms with Gasteiger partial charge in [-0.25, -0.2) is 0 Å². The number of benzene rings is 2. The van der Waals surface area contributed by atoms with Crippen LogP contribution in [0.1, 0.15) is 37.6 Å². The Kier molecular flexibility index (Phi) is 2.60. The minimum atomic E-state index is -0.295. The molecular formula is C18H11NO3. The molecule has 1 aliphatic carbocycles. The van der Waals surface area contributed by atoms with Crippen molar-refractivity contribution in [3.63, 3.8) is 0 Å². The summed E-state index contributed by atoms with van der Waals surface area (Å²) >= 11 is 0. The van der Waals surface area contributed by atoms with Gasteiger partial charge >= 0.3 is 0 Å². The lowest BCUT2D eigenvalue weighted by atomic mass is 9.86. The Bertz CT molecular complexity index is 920. The average molecular weight is 289 g/mol. The summed E-state index contributed by atoms with van der Waals surface area (Å²) < 4.78 is 5.19. The topological polar surface area (TPSA) is 60.2 Å². The summed E-state index contributed by atoms with van der Waals surface area (Å²) in [6.07, 6.45) is 0. The van der Waals surface area contributed by atoms with Crippen LogP contribution in [0.5, 0.6) is 0 Å². The number of rotatable bonds is 1. The number of aromatic nitrogens is 1. The first-order valence-corrected chi connectivity index (χ1v) is 6.92. The van der Waals surface area contributed by atoms with Gasteiger partial charge in [0, 0.05) is 16.7 Å². The van der Waals surface area contributed by atoms with Crippen molar-refractivity contribution < 1.29 is 14.1 Å². The quantitative estimate of drug-likeness (QED) is 0.538. The summed E-state index contributed by atoms with van der Waals surface area (Å²) in [5.41, 5.74) is 3.31. The van der Waals surface area contributed by atoms with E-state index in [-0.39, 0.29) is 22.9 Å². The van der Waals surface area contributed by atoms with E-state index in [1.54, 1.807) is 24.3 Å². The van der Waals surface area contributed by atoms with Crippen LogP contribution in [-0.2, 0) is 0 Å². The number of ketones is 2. The van der Waals surface area contributed by atoms with Gasteiger partial charge in [-0.3, -0.25) is 9.59 Å². The molecule has 0 saturated heterocycles. The first kappa shape index (κ1) is 12.7. The third kappa shape index (κ3) is 1.67. The number of aryl methyl sites for hydroxylation is 1. The van der Waals surface area contributed by atoms with E-state index < -0.39 is 0 Å². The monoisotopic (exact) mass is 289 g/mol. The fourth-order valence-corrected chi connectivity index (χ4v) is 2.70. The smallest absolute Gasteiger partial charge is 0.232 e. The van der Waals surface area contributed by atoms with Gasteiger partial charge < -0.3 is 4.52 Å². The summed E-state index contributed by atoms with van der Waals surface area (Å²) in [4.78, 5) is 25.2. The molecule has 0 atom stereocenters. The Balaban J connectivity index is 1.94. The fourth-order valence-electron chi connectivity index (χ4n) is 2.70. The molecule has 0 spiro atoms. The molecular weight excluding hydrogens is 278 g/mol. The van der Waals surface area contributed by atoms with Gasteiger partial charge in [-0.05, 0) is 6.92 Å². The van der Waals surface area contributed by atoms with Crippen LogP contribution in [0.2, 0.25) is 0 Å². The fraction of sp³-hybridized carbons (Fsp3) is 0.0556. The van der Waals surface area contributed by atoms with Crippen molar-refractivity contribution in [2.45, 2.75) is 6.92 Å². The van der Waals surface area contributed by atoms with E-state index >= 15 is 0 Å². The van der Waals surface area contributed by atoms with Crippen molar-refractivity contribution in [3.05, 3.63) is 76.5 Å². The predicted molar refractivity (Wildman–Crippen MR) is 80.0 cm³/mol. The van der Waals surface area contributed by atoms with E-state index in [1.807, 2.05) is 31.2 Å². The molecule has 0 bridgehead atoms. The molecule has 22 heavy (non-hydrogen) atoms. The minimum absolute atomic E-state index is 0.0271. The molecule has 0 saturated carbocycles. The van der Waals surface area contributed by atoms with Gasteiger partial charge in [-0.2, -0.15) is 0 Å². The summed E-state index contributed by atoms with van der Waals surface area (Å²) in [5.74, 6) is -0.489. The maximum atomic E-state index is 12.7. The highest BCUT2D eigenvalue weighted by Crippen LogP contribution is 2.34. The molecule has 0 radical (unpaired) electrons. The highest BCUT2D eigenvalue weighted by molar-refractivity contribution is 6.29. The molecule has 4 rings (SSSR count). The molecule has 4 heteroatoms. The zero-order valence-electron chi connectivity index (χ0n) is 11.8. The molecule has 4 nitrogen and oxygen atoms in total. The summed E-state index contributed by atoms with van der Waals surface area (Å²) in [5, 5.41) is 3.96. The van der Waals surface area contributed by atoms with Gasteiger partial charge in [0.25, 0.3) is 0 Å².